The van der Waals surface area contributed by atoms with Crippen molar-refractivity contribution in [2.24, 2.45) is 5.41 Å². The minimum atomic E-state index is -0.526. The summed E-state index contributed by atoms with van der Waals surface area (Å²) in [7, 11) is 0.638. The smallest absolute Gasteiger partial charge is 0.147 e. The lowest BCUT2D eigenvalue weighted by Gasteiger charge is -2.48. The lowest BCUT2D eigenvalue weighted by Crippen LogP contribution is -2.43. The summed E-state index contributed by atoms with van der Waals surface area (Å²) in [4.78, 5) is 0. The molecule has 0 aliphatic rings. The van der Waals surface area contributed by atoms with Crippen LogP contribution in [0.5, 0.6) is 0 Å². The third-order valence-electron chi connectivity index (χ3n) is 5.06. The first-order chi connectivity index (χ1) is 12.5. The third kappa shape index (κ3) is 3.40. The number of hydrogen-bond acceptors (Lipinski definition) is 1. The van der Waals surface area contributed by atoms with Gasteiger partial charge < -0.3 is 4.43 Å². The van der Waals surface area contributed by atoms with Crippen LogP contribution in [0.4, 0.5) is 0 Å². The molecule has 133 valence electrons. The molecule has 0 N–H and O–H groups in total. The van der Waals surface area contributed by atoms with Gasteiger partial charge in [0.2, 0.25) is 0 Å². The van der Waals surface area contributed by atoms with Crippen LogP contribution < -0.4 is 0 Å². The second kappa shape index (κ2) is 7.61. The van der Waals surface area contributed by atoms with E-state index >= 15 is 0 Å². The highest BCUT2D eigenvalue weighted by molar-refractivity contribution is 5.98. The van der Waals surface area contributed by atoms with Crippen molar-refractivity contribution in [2.45, 2.75) is 32.3 Å². The molecule has 0 heterocycles. The zero-order valence-corrected chi connectivity index (χ0v) is 18.1. The standard InChI is InChI=1S/C24H27OSi/c1-23(2,3)22(19-13-7-4-8-14-19)24(25-26,20-15-9-5-10-16-20)21-17-11-6-12-18-21/h4-7,9-18,22H,1-3,26H3. The van der Waals surface area contributed by atoms with Crippen LogP contribution >= 0.6 is 0 Å². The summed E-state index contributed by atoms with van der Waals surface area (Å²) in [6.45, 7) is 6.89. The van der Waals surface area contributed by atoms with Crippen molar-refractivity contribution in [1.29, 1.82) is 0 Å². The molecule has 0 aromatic heterocycles. The molecule has 0 aliphatic carbocycles. The van der Waals surface area contributed by atoms with Crippen LogP contribution in [0.3, 0.4) is 0 Å². The van der Waals surface area contributed by atoms with E-state index < -0.39 is 5.60 Å². The molecule has 1 nitrogen and oxygen atoms in total. The van der Waals surface area contributed by atoms with Crippen LogP contribution in [-0.2, 0) is 10.0 Å². The molecular weight excluding hydrogens is 332 g/mol. The Hall–Kier alpha value is -2.16. The van der Waals surface area contributed by atoms with Gasteiger partial charge >= 0.3 is 0 Å². The van der Waals surface area contributed by atoms with E-state index in [0.29, 0.717) is 10.5 Å². The highest BCUT2D eigenvalue weighted by Gasteiger charge is 2.48. The normalized spacial score (nSPS) is 13.5. The fourth-order valence-electron chi connectivity index (χ4n) is 4.16. The second-order valence-corrected chi connectivity index (χ2v) is 8.22. The number of hydrogen-bond donors (Lipinski definition) is 0. The summed E-state index contributed by atoms with van der Waals surface area (Å²) in [6.07, 6.45) is 0. The Morgan fingerprint density at radius 3 is 1.73 bits per heavy atom. The van der Waals surface area contributed by atoms with Gasteiger partial charge in [-0.05, 0) is 28.2 Å². The molecule has 26 heavy (non-hydrogen) atoms. The molecule has 3 aromatic rings. The Morgan fingerprint density at radius 2 is 1.35 bits per heavy atom. The fourth-order valence-corrected chi connectivity index (χ4v) is 4.86. The van der Waals surface area contributed by atoms with Gasteiger partial charge in [0.05, 0.1) is 0 Å². The van der Waals surface area contributed by atoms with E-state index in [1.165, 1.54) is 16.7 Å². The number of rotatable bonds is 5. The maximum atomic E-state index is 6.58. The summed E-state index contributed by atoms with van der Waals surface area (Å²) in [5.74, 6) is 0.148. The zero-order valence-electron chi connectivity index (χ0n) is 16.1. The van der Waals surface area contributed by atoms with Crippen molar-refractivity contribution in [2.75, 3.05) is 0 Å². The summed E-state index contributed by atoms with van der Waals surface area (Å²) < 4.78 is 6.58. The van der Waals surface area contributed by atoms with E-state index in [2.05, 4.69) is 106 Å². The Morgan fingerprint density at radius 1 is 0.808 bits per heavy atom. The van der Waals surface area contributed by atoms with E-state index in [-0.39, 0.29) is 11.3 Å². The molecule has 1 unspecified atom stereocenters. The van der Waals surface area contributed by atoms with E-state index in [4.69, 9.17) is 4.43 Å². The summed E-state index contributed by atoms with van der Waals surface area (Å²) in [5, 5.41) is 0. The van der Waals surface area contributed by atoms with Gasteiger partial charge in [-0.15, -0.1) is 0 Å². The average molecular weight is 360 g/mol. The molecule has 0 saturated heterocycles. The largest absolute Gasteiger partial charge is 0.414 e. The van der Waals surface area contributed by atoms with Crippen molar-refractivity contribution in [3.05, 3.63) is 108 Å². The minimum absolute atomic E-state index is 0.00864. The van der Waals surface area contributed by atoms with Crippen LogP contribution in [0.1, 0.15) is 43.4 Å². The highest BCUT2D eigenvalue weighted by Crippen LogP contribution is 2.53. The molecule has 1 radical (unpaired) electrons. The first-order valence-electron chi connectivity index (χ1n) is 9.12. The van der Waals surface area contributed by atoms with Gasteiger partial charge in [0.1, 0.15) is 16.1 Å². The lowest BCUT2D eigenvalue weighted by molar-refractivity contribution is 0.0397. The van der Waals surface area contributed by atoms with Crippen molar-refractivity contribution in [1.82, 2.24) is 0 Å². The minimum Gasteiger partial charge on any atom is -0.414 e. The van der Waals surface area contributed by atoms with Crippen LogP contribution in [-0.4, -0.2) is 10.5 Å². The molecule has 1 atom stereocenters. The van der Waals surface area contributed by atoms with Gasteiger partial charge in [-0.25, -0.2) is 0 Å². The monoisotopic (exact) mass is 359 g/mol. The highest BCUT2D eigenvalue weighted by atomic mass is 28.2. The fraction of sp³-hybridized carbons (Fsp3) is 0.250. The molecule has 0 spiro atoms. The van der Waals surface area contributed by atoms with Crippen LogP contribution in [0.2, 0.25) is 0 Å². The van der Waals surface area contributed by atoms with Gasteiger partial charge in [0, 0.05) is 5.92 Å². The topological polar surface area (TPSA) is 9.23 Å². The molecule has 2 heteroatoms. The van der Waals surface area contributed by atoms with Crippen LogP contribution in [0, 0.1) is 11.5 Å². The van der Waals surface area contributed by atoms with Crippen LogP contribution in [0.25, 0.3) is 0 Å². The Bertz CT molecular complexity index is 768. The van der Waals surface area contributed by atoms with Gasteiger partial charge in [-0.3, -0.25) is 0 Å². The summed E-state index contributed by atoms with van der Waals surface area (Å²) in [5.41, 5.74) is 3.12. The first kappa shape index (κ1) is 18.6. The van der Waals surface area contributed by atoms with Crippen molar-refractivity contribution in [3.63, 3.8) is 0 Å². The maximum absolute atomic E-state index is 6.58. The van der Waals surface area contributed by atoms with Crippen molar-refractivity contribution < 1.29 is 4.43 Å². The van der Waals surface area contributed by atoms with Crippen molar-refractivity contribution >= 4 is 10.5 Å². The molecule has 0 fully saturated rings. The first-order valence-corrected chi connectivity index (χ1v) is 9.94. The van der Waals surface area contributed by atoms with Gasteiger partial charge in [0.25, 0.3) is 0 Å². The van der Waals surface area contributed by atoms with E-state index in [1.807, 2.05) is 6.07 Å². The van der Waals surface area contributed by atoms with E-state index in [1.54, 1.807) is 0 Å². The summed E-state index contributed by atoms with van der Waals surface area (Å²) in [6, 6.07) is 32.9. The maximum Gasteiger partial charge on any atom is 0.147 e. The van der Waals surface area contributed by atoms with Crippen molar-refractivity contribution in [3.8, 4) is 0 Å². The van der Waals surface area contributed by atoms with Crippen LogP contribution in [0.15, 0.2) is 84.9 Å². The quantitative estimate of drug-likeness (QED) is 0.591. The molecule has 0 aliphatic heterocycles. The summed E-state index contributed by atoms with van der Waals surface area (Å²) >= 11 is 0. The predicted octanol–water partition coefficient (Wildman–Crippen LogP) is 4.86. The Labute approximate surface area is 160 Å². The van der Waals surface area contributed by atoms with Gasteiger partial charge in [0.15, 0.2) is 0 Å². The lowest BCUT2D eigenvalue weighted by atomic mass is 9.62. The van der Waals surface area contributed by atoms with Gasteiger partial charge in [-0.2, -0.15) is 0 Å². The van der Waals surface area contributed by atoms with Gasteiger partial charge in [-0.1, -0.05) is 106 Å². The second-order valence-electron chi connectivity index (χ2n) is 7.81. The molecule has 3 rings (SSSR count). The van der Waals surface area contributed by atoms with E-state index in [9.17, 15) is 0 Å². The molecular formula is C24H27OSi. The molecule has 3 aromatic carbocycles. The number of benzene rings is 3. The average Bonchev–Trinajstić information content (AvgIpc) is 2.67. The molecule has 0 bridgehead atoms. The molecule has 0 saturated carbocycles. The Balaban J connectivity index is 2.35. The Kier molecular flexibility index (Phi) is 5.45. The van der Waals surface area contributed by atoms with E-state index in [0.717, 1.165) is 0 Å². The predicted molar refractivity (Wildman–Crippen MR) is 112 cm³/mol. The molecule has 0 amide bonds. The third-order valence-corrected chi connectivity index (χ3v) is 5.71. The zero-order chi connectivity index (χ0) is 18.6. The SMILES string of the molecule is CC(C)(C)C(c1c[c]ccc1)C(O[SiH3])(c1ccccc1)c1ccccc1.